The first-order valence-corrected chi connectivity index (χ1v) is 8.84. The summed E-state index contributed by atoms with van der Waals surface area (Å²) in [6.07, 6.45) is 13.4. The minimum atomic E-state index is 0.786. The maximum Gasteiger partial charge on any atom is 0.143 e. The van der Waals surface area contributed by atoms with Gasteiger partial charge in [-0.25, -0.2) is 0 Å². The highest BCUT2D eigenvalue weighted by atomic mass is 79.9. The van der Waals surface area contributed by atoms with Crippen molar-refractivity contribution in [3.8, 4) is 0 Å². The Morgan fingerprint density at radius 3 is 1.89 bits per heavy atom. The Labute approximate surface area is 126 Å². The van der Waals surface area contributed by atoms with Gasteiger partial charge < -0.3 is 4.57 Å². The summed E-state index contributed by atoms with van der Waals surface area (Å²) in [7, 11) is 2.06. The van der Waals surface area contributed by atoms with Crippen LogP contribution >= 0.6 is 15.9 Å². The van der Waals surface area contributed by atoms with E-state index in [0.717, 1.165) is 23.4 Å². The van der Waals surface area contributed by atoms with Gasteiger partial charge >= 0.3 is 0 Å². The molecule has 110 valence electrons. The lowest BCUT2D eigenvalue weighted by Gasteiger charge is -2.03. The number of halogens is 1. The molecule has 0 saturated heterocycles. The molecule has 1 heterocycles. The second-order valence-electron chi connectivity index (χ2n) is 5.30. The van der Waals surface area contributed by atoms with Gasteiger partial charge in [0.25, 0.3) is 0 Å². The zero-order valence-electron chi connectivity index (χ0n) is 12.5. The van der Waals surface area contributed by atoms with Crippen molar-refractivity contribution in [2.24, 2.45) is 7.05 Å². The lowest BCUT2D eigenvalue weighted by molar-refractivity contribution is 0.559. The molecule has 1 rings (SSSR count). The fourth-order valence-electron chi connectivity index (χ4n) is 2.33. The fourth-order valence-corrected chi connectivity index (χ4v) is 2.81. The number of alkyl halides is 1. The number of nitrogens with zero attached hydrogens (tertiary/aromatic N) is 3. The summed E-state index contributed by atoms with van der Waals surface area (Å²) in [5.41, 5.74) is 0. The molecule has 19 heavy (non-hydrogen) atoms. The predicted octanol–water partition coefficient (Wildman–Crippen LogP) is 4.78. The predicted molar refractivity (Wildman–Crippen MR) is 84.6 cm³/mol. The van der Waals surface area contributed by atoms with Crippen molar-refractivity contribution in [2.45, 2.75) is 76.5 Å². The van der Waals surface area contributed by atoms with Crippen LogP contribution in [0.25, 0.3) is 0 Å². The zero-order valence-corrected chi connectivity index (χ0v) is 14.1. The van der Waals surface area contributed by atoms with Gasteiger partial charge in [-0.2, -0.15) is 0 Å². The quantitative estimate of drug-likeness (QED) is 0.432. The van der Waals surface area contributed by atoms with Gasteiger partial charge in [0.1, 0.15) is 11.6 Å². The third-order valence-corrected chi connectivity index (χ3v) is 4.18. The Kier molecular flexibility index (Phi) is 9.14. The van der Waals surface area contributed by atoms with Gasteiger partial charge in [-0.1, -0.05) is 74.2 Å². The Morgan fingerprint density at radius 1 is 0.842 bits per heavy atom. The normalized spacial score (nSPS) is 11.1. The molecule has 0 aliphatic heterocycles. The van der Waals surface area contributed by atoms with Crippen LogP contribution in [-0.4, -0.2) is 14.8 Å². The molecule has 3 nitrogen and oxygen atoms in total. The first-order chi connectivity index (χ1) is 9.29. The topological polar surface area (TPSA) is 30.7 Å². The molecular weight excluding hydrogens is 302 g/mol. The van der Waals surface area contributed by atoms with E-state index in [1.165, 1.54) is 57.8 Å². The Hall–Kier alpha value is -0.380. The molecule has 1 aromatic rings. The van der Waals surface area contributed by atoms with Crippen LogP contribution in [0.4, 0.5) is 0 Å². The van der Waals surface area contributed by atoms with Gasteiger partial charge in [-0.05, 0) is 6.42 Å². The fraction of sp³-hybridized carbons (Fsp3) is 0.867. The molecule has 0 N–H and O–H groups in total. The van der Waals surface area contributed by atoms with Gasteiger partial charge in [-0.15, -0.1) is 10.2 Å². The lowest BCUT2D eigenvalue weighted by atomic mass is 10.1. The van der Waals surface area contributed by atoms with Crippen molar-refractivity contribution in [1.29, 1.82) is 0 Å². The SMILES string of the molecule is CCCCCCCCCCCc1nnc(CBr)n1C. The Balaban J connectivity index is 2.00. The molecule has 0 spiro atoms. The van der Waals surface area contributed by atoms with Crippen molar-refractivity contribution in [2.75, 3.05) is 0 Å². The average molecular weight is 330 g/mol. The summed E-state index contributed by atoms with van der Waals surface area (Å²) >= 11 is 3.43. The summed E-state index contributed by atoms with van der Waals surface area (Å²) in [4.78, 5) is 0. The summed E-state index contributed by atoms with van der Waals surface area (Å²) in [6, 6.07) is 0. The van der Waals surface area contributed by atoms with E-state index in [1.807, 2.05) is 0 Å². The smallest absolute Gasteiger partial charge is 0.143 e. The molecule has 0 saturated carbocycles. The van der Waals surface area contributed by atoms with E-state index in [4.69, 9.17) is 0 Å². The second-order valence-corrected chi connectivity index (χ2v) is 5.86. The first-order valence-electron chi connectivity index (χ1n) is 7.72. The standard InChI is InChI=1S/C15H28BrN3/c1-3-4-5-6-7-8-9-10-11-12-14-17-18-15(13-16)19(14)2/h3-13H2,1-2H3. The highest BCUT2D eigenvalue weighted by Crippen LogP contribution is 2.12. The molecule has 4 heteroatoms. The number of hydrogen-bond donors (Lipinski definition) is 0. The van der Waals surface area contributed by atoms with Crippen molar-refractivity contribution in [3.63, 3.8) is 0 Å². The number of aromatic nitrogens is 3. The van der Waals surface area contributed by atoms with Crippen LogP contribution in [-0.2, 0) is 18.8 Å². The monoisotopic (exact) mass is 329 g/mol. The van der Waals surface area contributed by atoms with Gasteiger partial charge in [0.05, 0.1) is 5.33 Å². The zero-order chi connectivity index (χ0) is 13.9. The van der Waals surface area contributed by atoms with Crippen LogP contribution in [0.15, 0.2) is 0 Å². The largest absolute Gasteiger partial charge is 0.317 e. The number of rotatable bonds is 11. The molecule has 0 aliphatic rings. The Bertz CT molecular complexity index is 336. The number of hydrogen-bond acceptors (Lipinski definition) is 2. The van der Waals surface area contributed by atoms with Crippen molar-refractivity contribution in [3.05, 3.63) is 11.6 Å². The molecular formula is C15H28BrN3. The number of unbranched alkanes of at least 4 members (excludes halogenated alkanes) is 8. The molecule has 0 unspecified atom stereocenters. The Morgan fingerprint density at radius 2 is 1.37 bits per heavy atom. The second kappa shape index (κ2) is 10.4. The minimum Gasteiger partial charge on any atom is -0.317 e. The third-order valence-electron chi connectivity index (χ3n) is 3.68. The first kappa shape index (κ1) is 16.7. The summed E-state index contributed by atoms with van der Waals surface area (Å²) in [6.45, 7) is 2.27. The van der Waals surface area contributed by atoms with Crippen LogP contribution in [0.2, 0.25) is 0 Å². The molecule has 0 bridgehead atoms. The maximum atomic E-state index is 4.24. The molecule has 0 fully saturated rings. The van der Waals surface area contributed by atoms with Crippen LogP contribution in [0.1, 0.15) is 76.4 Å². The highest BCUT2D eigenvalue weighted by molar-refractivity contribution is 9.08. The summed E-state index contributed by atoms with van der Waals surface area (Å²) < 4.78 is 2.11. The third kappa shape index (κ3) is 6.55. The molecule has 0 aromatic carbocycles. The van der Waals surface area contributed by atoms with E-state index >= 15 is 0 Å². The summed E-state index contributed by atoms with van der Waals surface area (Å²) in [5, 5.41) is 9.18. The van der Waals surface area contributed by atoms with Crippen LogP contribution < -0.4 is 0 Å². The van der Waals surface area contributed by atoms with Crippen LogP contribution in [0.3, 0.4) is 0 Å². The van der Waals surface area contributed by atoms with Gasteiger partial charge in [0.2, 0.25) is 0 Å². The van der Waals surface area contributed by atoms with E-state index < -0.39 is 0 Å². The van der Waals surface area contributed by atoms with E-state index in [0.29, 0.717) is 0 Å². The summed E-state index contributed by atoms with van der Waals surface area (Å²) in [5.74, 6) is 2.14. The average Bonchev–Trinajstić information content (AvgIpc) is 2.78. The molecule has 0 atom stereocenters. The van der Waals surface area contributed by atoms with Gasteiger partial charge in [0.15, 0.2) is 0 Å². The van der Waals surface area contributed by atoms with Crippen molar-refractivity contribution < 1.29 is 0 Å². The maximum absolute atomic E-state index is 4.24. The van der Waals surface area contributed by atoms with Crippen LogP contribution in [0, 0.1) is 0 Å². The van der Waals surface area contributed by atoms with Crippen LogP contribution in [0.5, 0.6) is 0 Å². The van der Waals surface area contributed by atoms with Crippen molar-refractivity contribution >= 4 is 15.9 Å². The van der Waals surface area contributed by atoms with Crippen molar-refractivity contribution in [1.82, 2.24) is 14.8 Å². The van der Waals surface area contributed by atoms with E-state index in [1.54, 1.807) is 0 Å². The molecule has 1 aromatic heterocycles. The van der Waals surface area contributed by atoms with E-state index in [9.17, 15) is 0 Å². The number of aryl methyl sites for hydroxylation is 1. The molecule has 0 radical (unpaired) electrons. The van der Waals surface area contributed by atoms with Gasteiger partial charge in [-0.3, -0.25) is 0 Å². The lowest BCUT2D eigenvalue weighted by Crippen LogP contribution is -2.01. The van der Waals surface area contributed by atoms with E-state index in [-0.39, 0.29) is 0 Å². The molecule has 0 aliphatic carbocycles. The highest BCUT2D eigenvalue weighted by Gasteiger charge is 2.06. The molecule has 0 amide bonds. The van der Waals surface area contributed by atoms with Gasteiger partial charge in [0, 0.05) is 13.5 Å². The van der Waals surface area contributed by atoms with E-state index in [2.05, 4.69) is 44.7 Å². The minimum absolute atomic E-state index is 0.786.